The van der Waals surface area contributed by atoms with Crippen molar-refractivity contribution < 1.29 is 18.7 Å². The second-order valence-electron chi connectivity index (χ2n) is 6.18. The quantitative estimate of drug-likeness (QED) is 0.595. The van der Waals surface area contributed by atoms with Crippen molar-refractivity contribution in [2.24, 2.45) is 5.92 Å². The zero-order valence-corrected chi connectivity index (χ0v) is 14.7. The van der Waals surface area contributed by atoms with Gasteiger partial charge in [0.1, 0.15) is 5.75 Å². The average molecular weight is 352 g/mol. The van der Waals surface area contributed by atoms with E-state index in [1.54, 1.807) is 18.2 Å². The van der Waals surface area contributed by atoms with Crippen molar-refractivity contribution >= 4 is 5.97 Å². The fourth-order valence-corrected chi connectivity index (χ4v) is 2.20. The van der Waals surface area contributed by atoms with Crippen LogP contribution >= 0.6 is 0 Å². The number of esters is 1. The maximum absolute atomic E-state index is 12.2. The van der Waals surface area contributed by atoms with Gasteiger partial charge >= 0.3 is 5.97 Å². The molecular weight excluding hydrogens is 332 g/mol. The molecule has 0 N–H and O–H groups in total. The Labute approximate surface area is 151 Å². The van der Waals surface area contributed by atoms with Crippen LogP contribution in [0.5, 0.6) is 5.75 Å². The van der Waals surface area contributed by atoms with Crippen LogP contribution in [-0.2, 0) is 11.3 Å². The first-order valence-corrected chi connectivity index (χ1v) is 8.39. The van der Waals surface area contributed by atoms with E-state index in [1.807, 2.05) is 36.4 Å². The number of aromatic nitrogens is 2. The van der Waals surface area contributed by atoms with E-state index in [0.717, 1.165) is 5.56 Å². The monoisotopic (exact) mass is 352 g/mol. The molecule has 134 valence electrons. The van der Waals surface area contributed by atoms with Crippen LogP contribution in [0.2, 0.25) is 0 Å². The van der Waals surface area contributed by atoms with Crippen molar-refractivity contribution in [1.82, 2.24) is 10.2 Å². The van der Waals surface area contributed by atoms with Gasteiger partial charge in [-0.1, -0.05) is 38.1 Å². The topological polar surface area (TPSA) is 74.5 Å². The molecule has 0 bridgehead atoms. The van der Waals surface area contributed by atoms with Crippen LogP contribution in [0.15, 0.2) is 59.0 Å². The van der Waals surface area contributed by atoms with Gasteiger partial charge in [-0.05, 0) is 36.2 Å². The highest BCUT2D eigenvalue weighted by molar-refractivity contribution is 5.89. The Morgan fingerprint density at radius 1 is 1.08 bits per heavy atom. The maximum atomic E-state index is 12.2. The van der Waals surface area contributed by atoms with Crippen molar-refractivity contribution in [2.75, 3.05) is 6.61 Å². The van der Waals surface area contributed by atoms with E-state index in [0.29, 0.717) is 29.7 Å². The molecule has 26 heavy (non-hydrogen) atoms. The summed E-state index contributed by atoms with van der Waals surface area (Å²) in [6.07, 6.45) is 0. The number of carbonyl (C=O) groups excluding carboxylic acids is 1. The second kappa shape index (κ2) is 8.29. The molecule has 6 heteroatoms. The summed E-state index contributed by atoms with van der Waals surface area (Å²) in [6, 6.07) is 16.3. The fourth-order valence-electron chi connectivity index (χ4n) is 2.20. The lowest BCUT2D eigenvalue weighted by Crippen LogP contribution is -2.07. The normalized spacial score (nSPS) is 10.7. The number of rotatable bonds is 7. The molecular formula is C20H20N2O4. The smallest absolute Gasteiger partial charge is 0.338 e. The average Bonchev–Trinajstić information content (AvgIpc) is 3.14. The van der Waals surface area contributed by atoms with Crippen LogP contribution < -0.4 is 4.74 Å². The summed E-state index contributed by atoms with van der Waals surface area (Å²) < 4.78 is 16.4. The molecule has 0 amide bonds. The third-order valence-electron chi connectivity index (χ3n) is 3.47. The molecule has 0 atom stereocenters. The summed E-state index contributed by atoms with van der Waals surface area (Å²) in [7, 11) is 0. The van der Waals surface area contributed by atoms with Crippen LogP contribution in [-0.4, -0.2) is 22.8 Å². The molecule has 1 aromatic heterocycles. The molecule has 0 fully saturated rings. The van der Waals surface area contributed by atoms with Gasteiger partial charge in [-0.25, -0.2) is 4.79 Å². The molecule has 0 aliphatic heterocycles. The Bertz CT molecular complexity index is 859. The minimum absolute atomic E-state index is 0.0876. The van der Waals surface area contributed by atoms with Crippen molar-refractivity contribution in [3.63, 3.8) is 0 Å². The predicted octanol–water partition coefficient (Wildman–Crippen LogP) is 4.13. The number of hydrogen-bond acceptors (Lipinski definition) is 6. The Morgan fingerprint density at radius 2 is 1.88 bits per heavy atom. The van der Waals surface area contributed by atoms with E-state index in [4.69, 9.17) is 13.9 Å². The van der Waals surface area contributed by atoms with E-state index >= 15 is 0 Å². The second-order valence-corrected chi connectivity index (χ2v) is 6.18. The molecule has 0 saturated heterocycles. The summed E-state index contributed by atoms with van der Waals surface area (Å²) in [5.41, 5.74) is 1.22. The van der Waals surface area contributed by atoms with E-state index in [1.165, 1.54) is 0 Å². The Balaban J connectivity index is 1.59. The highest BCUT2D eigenvalue weighted by Crippen LogP contribution is 2.18. The van der Waals surface area contributed by atoms with Crippen LogP contribution in [0, 0.1) is 5.92 Å². The van der Waals surface area contributed by atoms with Gasteiger partial charge in [0.25, 0.3) is 5.89 Å². The molecule has 1 heterocycles. The van der Waals surface area contributed by atoms with Crippen LogP contribution in [0.4, 0.5) is 0 Å². The SMILES string of the molecule is CC(C)COc1cccc(C(=O)OCc2nnc(-c3ccccc3)o2)c1. The molecule has 0 radical (unpaired) electrons. The van der Waals surface area contributed by atoms with Crippen molar-refractivity contribution in [3.05, 3.63) is 66.1 Å². The van der Waals surface area contributed by atoms with Crippen molar-refractivity contribution in [3.8, 4) is 17.2 Å². The number of ether oxygens (including phenoxy) is 2. The largest absolute Gasteiger partial charge is 0.493 e. The Hall–Kier alpha value is -3.15. The van der Waals surface area contributed by atoms with Crippen LogP contribution in [0.25, 0.3) is 11.5 Å². The van der Waals surface area contributed by atoms with Gasteiger partial charge in [-0.2, -0.15) is 0 Å². The lowest BCUT2D eigenvalue weighted by molar-refractivity contribution is 0.0438. The summed E-state index contributed by atoms with van der Waals surface area (Å²) in [6.45, 7) is 4.62. The zero-order chi connectivity index (χ0) is 18.4. The van der Waals surface area contributed by atoms with E-state index in [9.17, 15) is 4.79 Å². The van der Waals surface area contributed by atoms with Crippen LogP contribution in [0.1, 0.15) is 30.1 Å². The molecule has 6 nitrogen and oxygen atoms in total. The minimum Gasteiger partial charge on any atom is -0.493 e. The lowest BCUT2D eigenvalue weighted by Gasteiger charge is -2.09. The highest BCUT2D eigenvalue weighted by atomic mass is 16.5. The van der Waals surface area contributed by atoms with Gasteiger partial charge in [0.05, 0.1) is 12.2 Å². The first-order valence-electron chi connectivity index (χ1n) is 8.39. The Kier molecular flexibility index (Phi) is 5.63. The van der Waals surface area contributed by atoms with Gasteiger partial charge in [0.2, 0.25) is 5.89 Å². The van der Waals surface area contributed by atoms with Gasteiger partial charge in [-0.3, -0.25) is 0 Å². The first-order chi connectivity index (χ1) is 12.6. The summed E-state index contributed by atoms with van der Waals surface area (Å²) in [5, 5.41) is 7.87. The molecule has 0 aliphatic carbocycles. The molecule has 3 aromatic rings. The minimum atomic E-state index is -0.473. The van der Waals surface area contributed by atoms with Crippen LogP contribution in [0.3, 0.4) is 0 Å². The standard InChI is InChI=1S/C20H20N2O4/c1-14(2)12-24-17-10-6-9-16(11-17)20(23)25-13-18-21-22-19(26-18)15-7-4-3-5-8-15/h3-11,14H,12-13H2,1-2H3. The molecule has 0 saturated carbocycles. The third kappa shape index (κ3) is 4.69. The summed E-state index contributed by atoms with van der Waals surface area (Å²) >= 11 is 0. The number of carbonyl (C=O) groups is 1. The summed E-state index contributed by atoms with van der Waals surface area (Å²) in [4.78, 5) is 12.2. The Morgan fingerprint density at radius 3 is 2.65 bits per heavy atom. The highest BCUT2D eigenvalue weighted by Gasteiger charge is 2.13. The van der Waals surface area contributed by atoms with Crippen molar-refractivity contribution in [1.29, 1.82) is 0 Å². The molecule has 0 aliphatic rings. The van der Waals surface area contributed by atoms with Gasteiger partial charge in [0.15, 0.2) is 6.61 Å². The summed E-state index contributed by atoms with van der Waals surface area (Å²) in [5.74, 6) is 1.20. The van der Waals surface area contributed by atoms with E-state index in [2.05, 4.69) is 24.0 Å². The molecule has 3 rings (SSSR count). The number of nitrogens with zero attached hydrogens (tertiary/aromatic N) is 2. The molecule has 0 spiro atoms. The molecule has 2 aromatic carbocycles. The number of hydrogen-bond donors (Lipinski definition) is 0. The maximum Gasteiger partial charge on any atom is 0.338 e. The first kappa shape index (κ1) is 17.7. The zero-order valence-electron chi connectivity index (χ0n) is 14.7. The van der Waals surface area contributed by atoms with Gasteiger partial charge in [0, 0.05) is 5.56 Å². The van der Waals surface area contributed by atoms with E-state index < -0.39 is 5.97 Å². The molecule has 0 unspecified atom stereocenters. The van der Waals surface area contributed by atoms with Crippen molar-refractivity contribution in [2.45, 2.75) is 20.5 Å². The van der Waals surface area contributed by atoms with E-state index in [-0.39, 0.29) is 12.5 Å². The fraction of sp³-hybridized carbons (Fsp3) is 0.250. The van der Waals surface area contributed by atoms with Gasteiger partial charge < -0.3 is 13.9 Å². The lowest BCUT2D eigenvalue weighted by atomic mass is 10.2. The number of benzene rings is 2. The third-order valence-corrected chi connectivity index (χ3v) is 3.47. The van der Waals surface area contributed by atoms with Gasteiger partial charge in [-0.15, -0.1) is 10.2 Å². The predicted molar refractivity (Wildman–Crippen MR) is 95.6 cm³/mol.